The number of methoxy groups -OCH3 is 1. The molecule has 0 spiro atoms. The molecular formula is C13H28N2O3. The van der Waals surface area contributed by atoms with Crippen molar-refractivity contribution in [2.45, 2.75) is 39.2 Å². The van der Waals surface area contributed by atoms with Gasteiger partial charge in [0.2, 0.25) is 5.91 Å². The number of amides is 1. The van der Waals surface area contributed by atoms with E-state index in [9.17, 15) is 4.79 Å². The third kappa shape index (κ3) is 8.44. The summed E-state index contributed by atoms with van der Waals surface area (Å²) in [6.45, 7) is 6.03. The van der Waals surface area contributed by atoms with Gasteiger partial charge in [-0.05, 0) is 32.2 Å². The van der Waals surface area contributed by atoms with Crippen LogP contribution in [0, 0.1) is 5.92 Å². The van der Waals surface area contributed by atoms with Crippen molar-refractivity contribution >= 4 is 5.91 Å². The molecule has 0 saturated heterocycles. The van der Waals surface area contributed by atoms with Crippen molar-refractivity contribution in [2.24, 2.45) is 5.92 Å². The summed E-state index contributed by atoms with van der Waals surface area (Å²) in [5.74, 6) is 0.431. The first kappa shape index (κ1) is 17.4. The molecule has 3 N–H and O–H groups in total. The van der Waals surface area contributed by atoms with Gasteiger partial charge in [0.05, 0.1) is 12.6 Å². The number of hydrogen-bond acceptors (Lipinski definition) is 4. The van der Waals surface area contributed by atoms with Gasteiger partial charge >= 0.3 is 0 Å². The summed E-state index contributed by atoms with van der Waals surface area (Å²) in [5, 5.41) is 15.0. The monoisotopic (exact) mass is 260 g/mol. The average Bonchev–Trinajstić information content (AvgIpc) is 2.36. The molecular weight excluding hydrogens is 232 g/mol. The van der Waals surface area contributed by atoms with E-state index in [1.807, 2.05) is 6.92 Å². The molecule has 0 aliphatic carbocycles. The maximum atomic E-state index is 11.7. The number of hydrogen-bond donors (Lipinski definition) is 3. The van der Waals surface area contributed by atoms with Gasteiger partial charge in [-0.25, -0.2) is 0 Å². The largest absolute Gasteiger partial charge is 0.396 e. The Morgan fingerprint density at radius 3 is 2.67 bits per heavy atom. The van der Waals surface area contributed by atoms with Crippen molar-refractivity contribution in [1.82, 2.24) is 10.6 Å². The molecule has 0 aromatic heterocycles. The van der Waals surface area contributed by atoms with Crippen LogP contribution < -0.4 is 10.6 Å². The summed E-state index contributed by atoms with van der Waals surface area (Å²) >= 11 is 0. The molecule has 5 nitrogen and oxygen atoms in total. The van der Waals surface area contributed by atoms with E-state index in [1.54, 1.807) is 7.11 Å². The summed E-state index contributed by atoms with van der Waals surface area (Å²) in [7, 11) is 1.61. The Bertz CT molecular complexity index is 206. The van der Waals surface area contributed by atoms with Gasteiger partial charge in [0.1, 0.15) is 0 Å². The van der Waals surface area contributed by atoms with Gasteiger partial charge in [-0.3, -0.25) is 4.79 Å². The molecule has 0 aliphatic heterocycles. The Labute approximate surface area is 110 Å². The fourth-order valence-electron chi connectivity index (χ4n) is 1.80. The predicted octanol–water partition coefficient (Wildman–Crippen LogP) is 0.526. The quantitative estimate of drug-likeness (QED) is 0.474. The minimum Gasteiger partial charge on any atom is -0.396 e. The summed E-state index contributed by atoms with van der Waals surface area (Å²) in [6.07, 6.45) is 2.96. The molecule has 2 unspecified atom stereocenters. The Balaban J connectivity index is 3.83. The fourth-order valence-corrected chi connectivity index (χ4v) is 1.80. The molecule has 0 aliphatic rings. The van der Waals surface area contributed by atoms with Crippen LogP contribution in [0.5, 0.6) is 0 Å². The minimum atomic E-state index is -0.208. The minimum absolute atomic E-state index is 0.00806. The van der Waals surface area contributed by atoms with Crippen molar-refractivity contribution in [3.63, 3.8) is 0 Å². The number of nitrogens with one attached hydrogen (secondary N) is 2. The van der Waals surface area contributed by atoms with Crippen LogP contribution in [0.15, 0.2) is 0 Å². The normalized spacial score (nSPS) is 14.2. The van der Waals surface area contributed by atoms with Gasteiger partial charge in [-0.2, -0.15) is 0 Å². The standard InChI is InChI=1S/C13H28N2O3/c1-4-5-12(6-8-16)10-15-11(2)13(17)14-7-9-18-3/h11-12,15-16H,4-10H2,1-3H3,(H,14,17). The first-order chi connectivity index (χ1) is 8.65. The number of aliphatic hydroxyl groups excluding tert-OH is 1. The lowest BCUT2D eigenvalue weighted by Gasteiger charge is -2.19. The molecule has 18 heavy (non-hydrogen) atoms. The predicted molar refractivity (Wildman–Crippen MR) is 72.5 cm³/mol. The summed E-state index contributed by atoms with van der Waals surface area (Å²) in [6, 6.07) is -0.208. The second kappa shape index (κ2) is 11.4. The molecule has 5 heteroatoms. The van der Waals surface area contributed by atoms with Crippen LogP contribution in [-0.4, -0.2) is 50.5 Å². The van der Waals surface area contributed by atoms with E-state index in [1.165, 1.54) is 0 Å². The smallest absolute Gasteiger partial charge is 0.236 e. The highest BCUT2D eigenvalue weighted by Gasteiger charge is 2.14. The number of aliphatic hydroxyl groups is 1. The highest BCUT2D eigenvalue weighted by molar-refractivity contribution is 5.81. The van der Waals surface area contributed by atoms with E-state index in [4.69, 9.17) is 9.84 Å². The molecule has 0 bridgehead atoms. The molecule has 108 valence electrons. The Morgan fingerprint density at radius 1 is 1.39 bits per heavy atom. The van der Waals surface area contributed by atoms with Crippen LogP contribution in [0.1, 0.15) is 33.1 Å². The molecule has 0 heterocycles. The second-order valence-corrected chi connectivity index (χ2v) is 4.58. The van der Waals surface area contributed by atoms with Crippen molar-refractivity contribution in [2.75, 3.05) is 33.4 Å². The third-order valence-electron chi connectivity index (χ3n) is 2.95. The lowest BCUT2D eigenvalue weighted by molar-refractivity contribution is -0.123. The molecule has 0 aromatic carbocycles. The van der Waals surface area contributed by atoms with Gasteiger partial charge in [0.25, 0.3) is 0 Å². The average molecular weight is 260 g/mol. The number of ether oxygens (including phenoxy) is 1. The van der Waals surface area contributed by atoms with Crippen molar-refractivity contribution < 1.29 is 14.6 Å². The van der Waals surface area contributed by atoms with Crippen molar-refractivity contribution in [1.29, 1.82) is 0 Å². The molecule has 1 amide bonds. The maximum absolute atomic E-state index is 11.7. The number of rotatable bonds is 11. The molecule has 2 atom stereocenters. The van der Waals surface area contributed by atoms with Gasteiger partial charge in [0, 0.05) is 20.3 Å². The van der Waals surface area contributed by atoms with Crippen LogP contribution in [0.2, 0.25) is 0 Å². The summed E-state index contributed by atoms with van der Waals surface area (Å²) < 4.78 is 4.87. The lowest BCUT2D eigenvalue weighted by atomic mass is 10.00. The SMILES string of the molecule is CCCC(CCO)CNC(C)C(=O)NCCOC. The zero-order valence-electron chi connectivity index (χ0n) is 11.9. The van der Waals surface area contributed by atoms with E-state index < -0.39 is 0 Å². The third-order valence-corrected chi connectivity index (χ3v) is 2.95. The van der Waals surface area contributed by atoms with Gasteiger partial charge in [-0.15, -0.1) is 0 Å². The van der Waals surface area contributed by atoms with E-state index >= 15 is 0 Å². The van der Waals surface area contributed by atoms with E-state index in [-0.39, 0.29) is 18.6 Å². The Kier molecular flexibility index (Phi) is 11.0. The first-order valence-corrected chi connectivity index (χ1v) is 6.76. The lowest BCUT2D eigenvalue weighted by Crippen LogP contribution is -2.44. The van der Waals surface area contributed by atoms with Gasteiger partial charge in [0.15, 0.2) is 0 Å². The Hall–Kier alpha value is -0.650. The fraction of sp³-hybridized carbons (Fsp3) is 0.923. The number of carbonyl (C=O) groups is 1. The first-order valence-electron chi connectivity index (χ1n) is 6.76. The molecule has 0 saturated carbocycles. The molecule has 0 aromatic rings. The summed E-state index contributed by atoms with van der Waals surface area (Å²) in [5.41, 5.74) is 0. The van der Waals surface area contributed by atoms with E-state index in [0.29, 0.717) is 19.1 Å². The maximum Gasteiger partial charge on any atom is 0.236 e. The topological polar surface area (TPSA) is 70.6 Å². The highest BCUT2D eigenvalue weighted by Crippen LogP contribution is 2.09. The summed E-state index contributed by atoms with van der Waals surface area (Å²) in [4.78, 5) is 11.7. The van der Waals surface area contributed by atoms with Crippen molar-refractivity contribution in [3.05, 3.63) is 0 Å². The van der Waals surface area contributed by atoms with E-state index in [0.717, 1.165) is 25.8 Å². The van der Waals surface area contributed by atoms with Crippen LogP contribution in [-0.2, 0) is 9.53 Å². The highest BCUT2D eigenvalue weighted by atomic mass is 16.5. The zero-order valence-corrected chi connectivity index (χ0v) is 11.9. The molecule has 0 rings (SSSR count). The molecule has 0 fully saturated rings. The van der Waals surface area contributed by atoms with E-state index in [2.05, 4.69) is 17.6 Å². The van der Waals surface area contributed by atoms with Crippen molar-refractivity contribution in [3.8, 4) is 0 Å². The zero-order chi connectivity index (χ0) is 13.8. The van der Waals surface area contributed by atoms with Gasteiger partial charge in [-0.1, -0.05) is 13.3 Å². The van der Waals surface area contributed by atoms with Crippen LogP contribution in [0.25, 0.3) is 0 Å². The van der Waals surface area contributed by atoms with Crippen LogP contribution in [0.3, 0.4) is 0 Å². The second-order valence-electron chi connectivity index (χ2n) is 4.58. The Morgan fingerprint density at radius 2 is 2.11 bits per heavy atom. The number of carbonyl (C=O) groups excluding carboxylic acids is 1. The molecule has 0 radical (unpaired) electrons. The van der Waals surface area contributed by atoms with Crippen LogP contribution in [0.4, 0.5) is 0 Å². The van der Waals surface area contributed by atoms with Crippen LogP contribution >= 0.6 is 0 Å². The van der Waals surface area contributed by atoms with Gasteiger partial charge < -0.3 is 20.5 Å².